The predicted molar refractivity (Wildman–Crippen MR) is 104 cm³/mol. The van der Waals surface area contributed by atoms with Crippen LogP contribution in [0.4, 0.5) is 0 Å². The average molecular weight is 407 g/mol. The van der Waals surface area contributed by atoms with Gasteiger partial charge in [-0.1, -0.05) is 29.8 Å². The number of aromatic nitrogens is 1. The van der Waals surface area contributed by atoms with Crippen molar-refractivity contribution >= 4 is 46.2 Å². The first-order chi connectivity index (χ1) is 12.5. The number of amides is 1. The fraction of sp³-hybridized carbons (Fsp3) is 0.167. The molecule has 2 aromatic heterocycles. The SMILES string of the molecule is CC(OC(=O)c1csc(-c2ccc(Cl)cc2)n1)C(=O)NCc1cccs1. The van der Waals surface area contributed by atoms with Crippen LogP contribution in [0.5, 0.6) is 0 Å². The van der Waals surface area contributed by atoms with Crippen molar-refractivity contribution in [1.82, 2.24) is 10.3 Å². The van der Waals surface area contributed by atoms with Crippen LogP contribution in [0, 0.1) is 0 Å². The number of thiazole rings is 1. The van der Waals surface area contributed by atoms with Crippen LogP contribution in [-0.4, -0.2) is 23.0 Å². The largest absolute Gasteiger partial charge is 0.448 e. The van der Waals surface area contributed by atoms with Crippen LogP contribution in [0.2, 0.25) is 5.02 Å². The molecule has 1 aromatic carbocycles. The van der Waals surface area contributed by atoms with Gasteiger partial charge in [-0.25, -0.2) is 9.78 Å². The highest BCUT2D eigenvalue weighted by Crippen LogP contribution is 2.25. The van der Waals surface area contributed by atoms with Crippen molar-refractivity contribution in [3.05, 3.63) is 62.8 Å². The molecule has 0 aliphatic heterocycles. The number of esters is 1. The molecule has 0 aliphatic carbocycles. The van der Waals surface area contributed by atoms with Gasteiger partial charge in [-0.2, -0.15) is 0 Å². The number of carbonyl (C=O) groups is 2. The van der Waals surface area contributed by atoms with Crippen molar-refractivity contribution in [2.75, 3.05) is 0 Å². The van der Waals surface area contributed by atoms with Crippen LogP contribution in [0.3, 0.4) is 0 Å². The van der Waals surface area contributed by atoms with Gasteiger partial charge in [0, 0.05) is 20.8 Å². The first-order valence-corrected chi connectivity index (χ1v) is 9.89. The van der Waals surface area contributed by atoms with Crippen molar-refractivity contribution in [2.24, 2.45) is 0 Å². The molecule has 2 heterocycles. The Morgan fingerprint density at radius 2 is 2.00 bits per heavy atom. The molecule has 0 spiro atoms. The zero-order valence-corrected chi connectivity index (χ0v) is 16.2. The summed E-state index contributed by atoms with van der Waals surface area (Å²) in [5, 5.41) is 7.61. The van der Waals surface area contributed by atoms with E-state index in [1.165, 1.54) is 18.3 Å². The molecule has 134 valence electrons. The van der Waals surface area contributed by atoms with E-state index in [1.807, 2.05) is 29.6 Å². The first-order valence-electron chi connectivity index (χ1n) is 7.75. The molecule has 1 N–H and O–H groups in total. The second-order valence-electron chi connectivity index (χ2n) is 5.39. The molecular formula is C18H15ClN2O3S2. The number of hydrogen-bond acceptors (Lipinski definition) is 6. The van der Waals surface area contributed by atoms with Crippen molar-refractivity contribution in [3.8, 4) is 10.6 Å². The van der Waals surface area contributed by atoms with E-state index in [4.69, 9.17) is 16.3 Å². The summed E-state index contributed by atoms with van der Waals surface area (Å²) in [6.07, 6.45) is -0.900. The molecule has 0 radical (unpaired) electrons. The predicted octanol–water partition coefficient (Wildman–Crippen LogP) is 4.39. The lowest BCUT2D eigenvalue weighted by Gasteiger charge is -2.12. The monoisotopic (exact) mass is 406 g/mol. The maximum atomic E-state index is 12.2. The van der Waals surface area contributed by atoms with Crippen LogP contribution in [0.1, 0.15) is 22.3 Å². The normalized spacial score (nSPS) is 11.8. The minimum absolute atomic E-state index is 0.179. The van der Waals surface area contributed by atoms with Crippen molar-refractivity contribution in [1.29, 1.82) is 0 Å². The van der Waals surface area contributed by atoms with E-state index in [1.54, 1.807) is 28.8 Å². The van der Waals surface area contributed by atoms with E-state index in [9.17, 15) is 9.59 Å². The summed E-state index contributed by atoms with van der Waals surface area (Å²) in [5.41, 5.74) is 1.04. The lowest BCUT2D eigenvalue weighted by atomic mass is 10.2. The van der Waals surface area contributed by atoms with Crippen molar-refractivity contribution < 1.29 is 14.3 Å². The van der Waals surface area contributed by atoms with Crippen molar-refractivity contribution in [2.45, 2.75) is 19.6 Å². The molecule has 5 nitrogen and oxygen atoms in total. The lowest BCUT2D eigenvalue weighted by Crippen LogP contribution is -2.35. The van der Waals surface area contributed by atoms with Gasteiger partial charge in [0.05, 0.1) is 6.54 Å². The number of ether oxygens (including phenoxy) is 1. The highest BCUT2D eigenvalue weighted by Gasteiger charge is 2.21. The number of halogens is 1. The molecule has 26 heavy (non-hydrogen) atoms. The van der Waals surface area contributed by atoms with Gasteiger partial charge in [-0.15, -0.1) is 22.7 Å². The minimum Gasteiger partial charge on any atom is -0.448 e. The summed E-state index contributed by atoms with van der Waals surface area (Å²) in [6, 6.07) is 11.0. The summed E-state index contributed by atoms with van der Waals surface area (Å²) in [7, 11) is 0. The number of benzene rings is 1. The van der Waals surface area contributed by atoms with E-state index < -0.39 is 12.1 Å². The molecule has 1 atom stereocenters. The van der Waals surface area contributed by atoms with E-state index in [0.717, 1.165) is 10.4 Å². The van der Waals surface area contributed by atoms with E-state index in [2.05, 4.69) is 10.3 Å². The van der Waals surface area contributed by atoms with Crippen molar-refractivity contribution in [3.63, 3.8) is 0 Å². The van der Waals surface area contributed by atoms with E-state index >= 15 is 0 Å². The van der Waals surface area contributed by atoms with E-state index in [-0.39, 0.29) is 11.6 Å². The third kappa shape index (κ3) is 4.69. The maximum absolute atomic E-state index is 12.2. The van der Waals surface area contributed by atoms with Gasteiger partial charge in [0.15, 0.2) is 11.8 Å². The van der Waals surface area contributed by atoms with Gasteiger partial charge in [0.25, 0.3) is 5.91 Å². The fourth-order valence-corrected chi connectivity index (χ4v) is 3.66. The van der Waals surface area contributed by atoms with Gasteiger partial charge >= 0.3 is 5.97 Å². The first kappa shape index (κ1) is 18.6. The minimum atomic E-state index is -0.900. The van der Waals surface area contributed by atoms with Gasteiger partial charge < -0.3 is 10.1 Å². The van der Waals surface area contributed by atoms with Crippen LogP contribution in [0.15, 0.2) is 47.2 Å². The fourth-order valence-electron chi connectivity index (χ4n) is 2.10. The smallest absolute Gasteiger partial charge is 0.358 e. The number of nitrogens with one attached hydrogen (secondary N) is 1. The second kappa shape index (κ2) is 8.44. The summed E-state index contributed by atoms with van der Waals surface area (Å²) >= 11 is 8.75. The third-order valence-electron chi connectivity index (χ3n) is 3.47. The van der Waals surface area contributed by atoms with Gasteiger partial charge in [0.1, 0.15) is 5.01 Å². The van der Waals surface area contributed by atoms with Crippen LogP contribution in [0.25, 0.3) is 10.6 Å². The Morgan fingerprint density at radius 3 is 2.69 bits per heavy atom. The van der Waals surface area contributed by atoms with Gasteiger partial charge in [-0.05, 0) is 30.5 Å². The molecule has 1 unspecified atom stereocenters. The summed E-state index contributed by atoms with van der Waals surface area (Å²) in [4.78, 5) is 29.6. The number of thiophene rings is 1. The van der Waals surface area contributed by atoms with E-state index in [0.29, 0.717) is 16.6 Å². The molecule has 1 amide bonds. The molecule has 8 heteroatoms. The zero-order chi connectivity index (χ0) is 18.5. The molecule has 0 bridgehead atoms. The summed E-state index contributed by atoms with van der Waals surface area (Å²) in [6.45, 7) is 1.95. The summed E-state index contributed by atoms with van der Waals surface area (Å²) in [5.74, 6) is -0.972. The van der Waals surface area contributed by atoms with Gasteiger partial charge in [-0.3, -0.25) is 4.79 Å². The Labute approximate surface area is 163 Å². The Morgan fingerprint density at radius 1 is 1.23 bits per heavy atom. The number of nitrogens with zero attached hydrogens (tertiary/aromatic N) is 1. The molecule has 0 saturated carbocycles. The average Bonchev–Trinajstić information content (AvgIpc) is 3.32. The second-order valence-corrected chi connectivity index (χ2v) is 7.72. The van der Waals surface area contributed by atoms with Gasteiger partial charge in [0.2, 0.25) is 0 Å². The van der Waals surface area contributed by atoms with Crippen LogP contribution in [-0.2, 0) is 16.1 Å². The lowest BCUT2D eigenvalue weighted by molar-refractivity contribution is -0.129. The molecule has 0 saturated heterocycles. The molecule has 0 aliphatic rings. The highest BCUT2D eigenvalue weighted by molar-refractivity contribution is 7.13. The van der Waals surface area contributed by atoms with Crippen LogP contribution < -0.4 is 5.32 Å². The molecule has 3 aromatic rings. The summed E-state index contributed by atoms with van der Waals surface area (Å²) < 4.78 is 5.21. The third-order valence-corrected chi connectivity index (χ3v) is 5.49. The number of rotatable bonds is 6. The zero-order valence-electron chi connectivity index (χ0n) is 13.8. The standard InChI is InChI=1S/C18H15ClN2O3S2/c1-11(16(22)20-9-14-3-2-8-25-14)24-18(23)15-10-26-17(21-15)12-4-6-13(19)7-5-12/h2-8,10-11H,9H2,1H3,(H,20,22). The van der Waals surface area contributed by atoms with Crippen LogP contribution >= 0.6 is 34.3 Å². The molecule has 0 fully saturated rings. The highest BCUT2D eigenvalue weighted by atomic mass is 35.5. The molecule has 3 rings (SSSR count). The topological polar surface area (TPSA) is 68.3 Å². The quantitative estimate of drug-likeness (QED) is 0.616. The Bertz CT molecular complexity index is 892. The maximum Gasteiger partial charge on any atom is 0.358 e. The Balaban J connectivity index is 1.57. The molecular weight excluding hydrogens is 392 g/mol. The Kier molecular flexibility index (Phi) is 6.03. The number of carbonyl (C=O) groups excluding carboxylic acids is 2. The number of hydrogen-bond donors (Lipinski definition) is 1. The Hall–Kier alpha value is -2.22.